The number of carbonyl (C=O) groups excluding carboxylic acids is 1. The van der Waals surface area contributed by atoms with Crippen LogP contribution in [0.5, 0.6) is 0 Å². The van der Waals surface area contributed by atoms with Crippen LogP contribution in [0.4, 0.5) is 0 Å². The maximum atomic E-state index is 12.4. The Morgan fingerprint density at radius 3 is 2.84 bits per heavy atom. The Hall–Kier alpha value is -1.29. The van der Waals surface area contributed by atoms with Crippen LogP contribution in [0.15, 0.2) is 6.07 Å². The van der Waals surface area contributed by atoms with Gasteiger partial charge in [0.25, 0.3) is 5.91 Å². The third-order valence-corrected chi connectivity index (χ3v) is 4.24. The first-order chi connectivity index (χ1) is 9.04. The number of nitrogens with zero attached hydrogens (tertiary/aromatic N) is 1. The van der Waals surface area contributed by atoms with E-state index in [1.807, 2.05) is 13.0 Å². The Morgan fingerprint density at radius 1 is 1.53 bits per heavy atom. The molecule has 0 aliphatic carbocycles. The summed E-state index contributed by atoms with van der Waals surface area (Å²) in [5, 5.41) is 6.55. The van der Waals surface area contributed by atoms with E-state index in [4.69, 9.17) is 0 Å². The topological polar surface area (TPSA) is 46.1 Å². The minimum atomic E-state index is 0.0755. The summed E-state index contributed by atoms with van der Waals surface area (Å²) in [6.07, 6.45) is 1.01. The molecule has 0 spiro atoms. The standard InChI is InChI=1S/C15H25N3O/c1-5-18-11(3)8-13(12(18)4)15(19)17-14-6-7-16-9-10(14)2/h8,10,14,16H,5-7,9H2,1-4H3,(H,17,19). The second kappa shape index (κ2) is 5.78. The van der Waals surface area contributed by atoms with Gasteiger partial charge in [0.15, 0.2) is 0 Å². The first-order valence-electron chi connectivity index (χ1n) is 7.22. The van der Waals surface area contributed by atoms with Gasteiger partial charge >= 0.3 is 0 Å². The number of hydrogen-bond donors (Lipinski definition) is 2. The first-order valence-corrected chi connectivity index (χ1v) is 7.22. The lowest BCUT2D eigenvalue weighted by Gasteiger charge is -2.30. The molecule has 2 heterocycles. The first kappa shape index (κ1) is 14.1. The molecule has 2 atom stereocenters. The van der Waals surface area contributed by atoms with E-state index in [0.717, 1.165) is 43.0 Å². The van der Waals surface area contributed by atoms with Crippen molar-refractivity contribution in [1.82, 2.24) is 15.2 Å². The third-order valence-electron chi connectivity index (χ3n) is 4.24. The van der Waals surface area contributed by atoms with Gasteiger partial charge in [-0.3, -0.25) is 4.79 Å². The smallest absolute Gasteiger partial charge is 0.253 e. The lowest BCUT2D eigenvalue weighted by molar-refractivity contribution is 0.0913. The minimum absolute atomic E-state index is 0.0755. The summed E-state index contributed by atoms with van der Waals surface area (Å²) in [7, 11) is 0. The van der Waals surface area contributed by atoms with Crippen LogP contribution in [-0.2, 0) is 6.54 Å². The van der Waals surface area contributed by atoms with Gasteiger partial charge in [0.2, 0.25) is 0 Å². The molecular formula is C15H25N3O. The van der Waals surface area contributed by atoms with Crippen molar-refractivity contribution >= 4 is 5.91 Å². The van der Waals surface area contributed by atoms with Gasteiger partial charge < -0.3 is 15.2 Å². The van der Waals surface area contributed by atoms with E-state index < -0.39 is 0 Å². The van der Waals surface area contributed by atoms with Crippen LogP contribution < -0.4 is 10.6 Å². The number of aromatic nitrogens is 1. The molecule has 1 aromatic heterocycles. The average molecular weight is 263 g/mol. The van der Waals surface area contributed by atoms with Crippen LogP contribution >= 0.6 is 0 Å². The molecule has 4 heteroatoms. The Labute approximate surface area is 115 Å². The zero-order valence-corrected chi connectivity index (χ0v) is 12.4. The summed E-state index contributed by atoms with van der Waals surface area (Å²) >= 11 is 0. The molecule has 1 aliphatic heterocycles. The van der Waals surface area contributed by atoms with Crippen molar-refractivity contribution in [2.24, 2.45) is 5.92 Å². The van der Waals surface area contributed by atoms with E-state index in [0.29, 0.717) is 12.0 Å². The SMILES string of the molecule is CCn1c(C)cc(C(=O)NC2CCNCC2C)c1C. The van der Waals surface area contributed by atoms with Gasteiger partial charge in [0.05, 0.1) is 5.56 Å². The molecule has 0 aromatic carbocycles. The second-order valence-corrected chi connectivity index (χ2v) is 5.58. The molecule has 0 bridgehead atoms. The molecule has 1 fully saturated rings. The second-order valence-electron chi connectivity index (χ2n) is 5.58. The van der Waals surface area contributed by atoms with Gasteiger partial charge in [0, 0.05) is 24.0 Å². The number of hydrogen-bond acceptors (Lipinski definition) is 2. The van der Waals surface area contributed by atoms with Crippen LogP contribution in [0, 0.1) is 19.8 Å². The largest absolute Gasteiger partial charge is 0.349 e. The molecule has 2 rings (SSSR count). The number of piperidine rings is 1. The normalized spacial score (nSPS) is 23.4. The molecule has 2 unspecified atom stereocenters. The van der Waals surface area contributed by atoms with Crippen LogP contribution in [0.3, 0.4) is 0 Å². The highest BCUT2D eigenvalue weighted by molar-refractivity contribution is 5.95. The number of nitrogens with one attached hydrogen (secondary N) is 2. The Bertz CT molecular complexity index is 464. The molecule has 0 saturated carbocycles. The predicted molar refractivity (Wildman–Crippen MR) is 77.5 cm³/mol. The summed E-state index contributed by atoms with van der Waals surface area (Å²) in [5.74, 6) is 0.568. The highest BCUT2D eigenvalue weighted by Crippen LogP contribution is 2.17. The number of amides is 1. The van der Waals surface area contributed by atoms with Crippen molar-refractivity contribution in [2.45, 2.75) is 46.7 Å². The van der Waals surface area contributed by atoms with E-state index in [2.05, 4.69) is 36.0 Å². The fraction of sp³-hybridized carbons (Fsp3) is 0.667. The Morgan fingerprint density at radius 2 is 2.26 bits per heavy atom. The number of carbonyl (C=O) groups is 1. The van der Waals surface area contributed by atoms with E-state index in [1.54, 1.807) is 0 Å². The van der Waals surface area contributed by atoms with Crippen LogP contribution in [-0.4, -0.2) is 29.6 Å². The lowest BCUT2D eigenvalue weighted by atomic mass is 9.95. The molecule has 0 radical (unpaired) electrons. The summed E-state index contributed by atoms with van der Waals surface area (Å²) in [5.41, 5.74) is 3.05. The lowest BCUT2D eigenvalue weighted by Crippen LogP contribution is -2.48. The van der Waals surface area contributed by atoms with Crippen molar-refractivity contribution in [2.75, 3.05) is 13.1 Å². The molecule has 2 N–H and O–H groups in total. The van der Waals surface area contributed by atoms with Gasteiger partial charge in [0.1, 0.15) is 0 Å². The van der Waals surface area contributed by atoms with Gasteiger partial charge in [-0.15, -0.1) is 0 Å². The molecule has 1 aromatic rings. The molecular weight excluding hydrogens is 238 g/mol. The molecule has 4 nitrogen and oxygen atoms in total. The van der Waals surface area contributed by atoms with Gasteiger partial charge in [-0.1, -0.05) is 6.92 Å². The summed E-state index contributed by atoms with van der Waals surface area (Å²) in [6, 6.07) is 2.29. The predicted octanol–water partition coefficient (Wildman–Crippen LogP) is 1.85. The molecule has 19 heavy (non-hydrogen) atoms. The van der Waals surface area contributed by atoms with Crippen molar-refractivity contribution in [3.8, 4) is 0 Å². The van der Waals surface area contributed by atoms with Gasteiger partial charge in [-0.2, -0.15) is 0 Å². The number of aryl methyl sites for hydroxylation is 1. The van der Waals surface area contributed by atoms with Crippen molar-refractivity contribution in [3.63, 3.8) is 0 Å². The average Bonchev–Trinajstić information content (AvgIpc) is 2.67. The summed E-state index contributed by atoms with van der Waals surface area (Å²) < 4.78 is 2.18. The van der Waals surface area contributed by atoms with Gasteiger partial charge in [-0.25, -0.2) is 0 Å². The van der Waals surface area contributed by atoms with E-state index in [9.17, 15) is 4.79 Å². The van der Waals surface area contributed by atoms with Crippen LogP contribution in [0.2, 0.25) is 0 Å². The van der Waals surface area contributed by atoms with E-state index >= 15 is 0 Å². The molecule has 1 saturated heterocycles. The monoisotopic (exact) mass is 263 g/mol. The van der Waals surface area contributed by atoms with E-state index in [1.165, 1.54) is 0 Å². The van der Waals surface area contributed by atoms with E-state index in [-0.39, 0.29) is 5.91 Å². The zero-order valence-electron chi connectivity index (χ0n) is 12.4. The zero-order chi connectivity index (χ0) is 14.0. The fourth-order valence-electron chi connectivity index (χ4n) is 2.99. The highest BCUT2D eigenvalue weighted by Gasteiger charge is 2.24. The maximum Gasteiger partial charge on any atom is 0.253 e. The van der Waals surface area contributed by atoms with Crippen LogP contribution in [0.25, 0.3) is 0 Å². The Balaban J connectivity index is 2.11. The minimum Gasteiger partial charge on any atom is -0.349 e. The van der Waals surface area contributed by atoms with Crippen molar-refractivity contribution < 1.29 is 4.79 Å². The fourth-order valence-corrected chi connectivity index (χ4v) is 2.99. The Kier molecular flexibility index (Phi) is 4.30. The third kappa shape index (κ3) is 2.84. The summed E-state index contributed by atoms with van der Waals surface area (Å²) in [4.78, 5) is 12.4. The van der Waals surface area contributed by atoms with Crippen molar-refractivity contribution in [3.05, 3.63) is 23.0 Å². The summed E-state index contributed by atoms with van der Waals surface area (Å²) in [6.45, 7) is 11.3. The van der Waals surface area contributed by atoms with Gasteiger partial charge in [-0.05, 0) is 52.3 Å². The quantitative estimate of drug-likeness (QED) is 0.874. The molecule has 106 valence electrons. The highest BCUT2D eigenvalue weighted by atomic mass is 16.1. The molecule has 1 aliphatic rings. The number of rotatable bonds is 3. The molecule has 1 amide bonds. The maximum absolute atomic E-state index is 12.4. The van der Waals surface area contributed by atoms with Crippen molar-refractivity contribution in [1.29, 1.82) is 0 Å². The van der Waals surface area contributed by atoms with Crippen LogP contribution in [0.1, 0.15) is 42.0 Å².